The smallest absolute Gasteiger partial charge is 0.210 e. The predicted octanol–water partition coefficient (Wildman–Crippen LogP) is 2.05. The van der Waals surface area contributed by atoms with Crippen LogP contribution in [0.3, 0.4) is 0 Å². The van der Waals surface area contributed by atoms with Crippen LogP contribution in [0.2, 0.25) is 0 Å². The SMILES string of the molecule is Cl.O=C1c2cc(N3CCOCC3)ccc2OC12CC2. The molecule has 2 heterocycles. The number of nitrogens with zero attached hydrogens (tertiary/aromatic N) is 1. The second-order valence-corrected chi connectivity index (χ2v) is 5.21. The van der Waals surface area contributed by atoms with Crippen LogP contribution in [0.4, 0.5) is 5.69 Å². The molecule has 0 aromatic heterocycles. The quantitative estimate of drug-likeness (QED) is 0.790. The van der Waals surface area contributed by atoms with Crippen molar-refractivity contribution >= 4 is 23.9 Å². The molecule has 19 heavy (non-hydrogen) atoms. The lowest BCUT2D eigenvalue weighted by molar-refractivity contribution is 0.0820. The van der Waals surface area contributed by atoms with Crippen molar-refractivity contribution in [2.75, 3.05) is 31.2 Å². The normalized spacial score (nSPS) is 22.7. The predicted molar refractivity (Wildman–Crippen MR) is 73.6 cm³/mol. The van der Waals surface area contributed by atoms with Crippen LogP contribution in [0.1, 0.15) is 23.2 Å². The Labute approximate surface area is 118 Å². The maximum atomic E-state index is 12.2. The topological polar surface area (TPSA) is 38.8 Å². The molecule has 4 rings (SSSR count). The first-order valence-electron chi connectivity index (χ1n) is 6.49. The first-order chi connectivity index (χ1) is 8.78. The number of benzene rings is 1. The highest BCUT2D eigenvalue weighted by Gasteiger charge is 2.57. The van der Waals surface area contributed by atoms with Crippen LogP contribution < -0.4 is 9.64 Å². The fourth-order valence-electron chi connectivity index (χ4n) is 2.75. The van der Waals surface area contributed by atoms with E-state index >= 15 is 0 Å². The number of Topliss-reactive ketones (excluding diaryl/α,β-unsaturated/α-hetero) is 1. The largest absolute Gasteiger partial charge is 0.478 e. The van der Waals surface area contributed by atoms with Gasteiger partial charge in [-0.3, -0.25) is 4.79 Å². The monoisotopic (exact) mass is 281 g/mol. The van der Waals surface area contributed by atoms with E-state index in [1.165, 1.54) is 0 Å². The van der Waals surface area contributed by atoms with Crippen LogP contribution in [-0.4, -0.2) is 37.7 Å². The van der Waals surface area contributed by atoms with Crippen molar-refractivity contribution in [1.82, 2.24) is 0 Å². The molecule has 1 aliphatic carbocycles. The van der Waals surface area contributed by atoms with Crippen LogP contribution >= 0.6 is 12.4 Å². The Balaban J connectivity index is 0.00000110. The van der Waals surface area contributed by atoms with E-state index in [4.69, 9.17) is 9.47 Å². The number of ketones is 1. The maximum absolute atomic E-state index is 12.2. The molecule has 0 amide bonds. The summed E-state index contributed by atoms with van der Waals surface area (Å²) in [5.74, 6) is 0.933. The van der Waals surface area contributed by atoms with Crippen molar-refractivity contribution in [3.63, 3.8) is 0 Å². The number of hydrogen-bond acceptors (Lipinski definition) is 4. The summed E-state index contributed by atoms with van der Waals surface area (Å²) >= 11 is 0. The maximum Gasteiger partial charge on any atom is 0.210 e. The average molecular weight is 282 g/mol. The van der Waals surface area contributed by atoms with Gasteiger partial charge >= 0.3 is 0 Å². The second kappa shape index (κ2) is 4.39. The summed E-state index contributed by atoms with van der Waals surface area (Å²) in [5.41, 5.74) is 1.38. The third kappa shape index (κ3) is 1.90. The molecule has 1 aromatic carbocycles. The molecule has 0 bridgehead atoms. The van der Waals surface area contributed by atoms with Gasteiger partial charge in [0.1, 0.15) is 5.75 Å². The van der Waals surface area contributed by atoms with Crippen LogP contribution in [0.25, 0.3) is 0 Å². The molecule has 0 N–H and O–H groups in total. The van der Waals surface area contributed by atoms with E-state index in [9.17, 15) is 4.79 Å². The fraction of sp³-hybridized carbons (Fsp3) is 0.500. The summed E-state index contributed by atoms with van der Waals surface area (Å²) in [7, 11) is 0. The summed E-state index contributed by atoms with van der Waals surface area (Å²) in [4.78, 5) is 14.5. The number of morpholine rings is 1. The molecule has 2 fully saturated rings. The molecule has 0 atom stereocenters. The number of fused-ring (bicyclic) bond motifs is 1. The molecule has 0 unspecified atom stereocenters. The number of rotatable bonds is 1. The van der Waals surface area contributed by atoms with Gasteiger partial charge in [0.25, 0.3) is 0 Å². The minimum Gasteiger partial charge on any atom is -0.478 e. The van der Waals surface area contributed by atoms with Crippen molar-refractivity contribution in [3.8, 4) is 5.75 Å². The van der Waals surface area contributed by atoms with E-state index in [-0.39, 0.29) is 18.2 Å². The van der Waals surface area contributed by atoms with Crippen LogP contribution in [0, 0.1) is 0 Å². The molecule has 1 saturated carbocycles. The van der Waals surface area contributed by atoms with Crippen LogP contribution in [0.5, 0.6) is 5.75 Å². The summed E-state index contributed by atoms with van der Waals surface area (Å²) in [6.07, 6.45) is 1.74. The summed E-state index contributed by atoms with van der Waals surface area (Å²) in [6.45, 7) is 3.29. The van der Waals surface area contributed by atoms with Gasteiger partial charge in [0.2, 0.25) is 5.78 Å². The number of hydrogen-bond donors (Lipinski definition) is 0. The minimum atomic E-state index is -0.480. The summed E-state index contributed by atoms with van der Waals surface area (Å²) in [6, 6.07) is 5.96. The van der Waals surface area contributed by atoms with Crippen molar-refractivity contribution in [1.29, 1.82) is 0 Å². The molecule has 0 radical (unpaired) electrons. The van der Waals surface area contributed by atoms with Gasteiger partial charge in [-0.25, -0.2) is 0 Å². The number of carbonyl (C=O) groups excluding carboxylic acids is 1. The molecule has 102 valence electrons. The Morgan fingerprint density at radius 1 is 1.16 bits per heavy atom. The van der Waals surface area contributed by atoms with Gasteiger partial charge in [0.05, 0.1) is 18.8 Å². The average Bonchev–Trinajstić information content (AvgIpc) is 3.14. The van der Waals surface area contributed by atoms with Crippen LogP contribution in [-0.2, 0) is 4.74 Å². The number of carbonyl (C=O) groups is 1. The van der Waals surface area contributed by atoms with Gasteiger partial charge in [0.15, 0.2) is 5.60 Å². The lowest BCUT2D eigenvalue weighted by Crippen LogP contribution is -2.36. The molecule has 2 aliphatic heterocycles. The Bertz CT molecular complexity index is 521. The van der Waals surface area contributed by atoms with E-state index in [2.05, 4.69) is 4.90 Å². The lowest BCUT2D eigenvalue weighted by Gasteiger charge is -2.29. The van der Waals surface area contributed by atoms with E-state index in [0.29, 0.717) is 0 Å². The van der Waals surface area contributed by atoms with E-state index < -0.39 is 5.60 Å². The zero-order valence-corrected chi connectivity index (χ0v) is 11.4. The van der Waals surface area contributed by atoms with E-state index in [0.717, 1.165) is 56.1 Å². The van der Waals surface area contributed by atoms with Gasteiger partial charge in [-0.05, 0) is 31.0 Å². The van der Waals surface area contributed by atoms with Crippen molar-refractivity contribution in [2.45, 2.75) is 18.4 Å². The summed E-state index contributed by atoms with van der Waals surface area (Å²) in [5, 5.41) is 0. The molecule has 4 nitrogen and oxygen atoms in total. The molecule has 1 aromatic rings. The Hall–Kier alpha value is -1.26. The standard InChI is InChI=1S/C14H15NO3.ClH/c16-13-11-9-10(15-5-7-17-8-6-15)1-2-12(11)18-14(13)3-4-14;/h1-2,9H,3-8H2;1H. The Morgan fingerprint density at radius 2 is 1.89 bits per heavy atom. The van der Waals surface area contributed by atoms with Crippen molar-refractivity contribution < 1.29 is 14.3 Å². The molecule has 3 aliphatic rings. The molecule has 5 heteroatoms. The lowest BCUT2D eigenvalue weighted by atomic mass is 10.1. The van der Waals surface area contributed by atoms with Gasteiger partial charge in [-0.1, -0.05) is 0 Å². The third-order valence-corrected chi connectivity index (χ3v) is 4.01. The highest BCUT2D eigenvalue weighted by atomic mass is 35.5. The van der Waals surface area contributed by atoms with Crippen molar-refractivity contribution in [2.24, 2.45) is 0 Å². The Kier molecular flexibility index (Phi) is 2.95. The van der Waals surface area contributed by atoms with Crippen molar-refractivity contribution in [3.05, 3.63) is 23.8 Å². The van der Waals surface area contributed by atoms with Gasteiger partial charge in [-0.2, -0.15) is 0 Å². The third-order valence-electron chi connectivity index (χ3n) is 4.01. The van der Waals surface area contributed by atoms with E-state index in [1.807, 2.05) is 18.2 Å². The molecular formula is C14H16ClNO3. The van der Waals surface area contributed by atoms with Crippen LogP contribution in [0.15, 0.2) is 18.2 Å². The number of ether oxygens (including phenoxy) is 2. The highest BCUT2D eigenvalue weighted by molar-refractivity contribution is 6.09. The van der Waals surface area contributed by atoms with Gasteiger partial charge in [0, 0.05) is 18.8 Å². The zero-order valence-electron chi connectivity index (χ0n) is 10.6. The van der Waals surface area contributed by atoms with E-state index in [1.54, 1.807) is 0 Å². The second-order valence-electron chi connectivity index (χ2n) is 5.21. The minimum absolute atomic E-state index is 0. The highest BCUT2D eigenvalue weighted by Crippen LogP contribution is 2.50. The van der Waals surface area contributed by atoms with Gasteiger partial charge < -0.3 is 14.4 Å². The first kappa shape index (κ1) is 12.8. The number of halogens is 1. The number of anilines is 1. The Morgan fingerprint density at radius 3 is 2.58 bits per heavy atom. The molecule has 1 saturated heterocycles. The molecular weight excluding hydrogens is 266 g/mol. The molecule has 1 spiro atoms. The fourth-order valence-corrected chi connectivity index (χ4v) is 2.75. The first-order valence-corrected chi connectivity index (χ1v) is 6.49. The zero-order chi connectivity index (χ0) is 12.2. The van der Waals surface area contributed by atoms with Gasteiger partial charge in [-0.15, -0.1) is 12.4 Å². The summed E-state index contributed by atoms with van der Waals surface area (Å²) < 4.78 is 11.1.